The quantitative estimate of drug-likeness (QED) is 0.315. The summed E-state index contributed by atoms with van der Waals surface area (Å²) in [7, 11) is 0. The fourth-order valence-electron chi connectivity index (χ4n) is 3.19. The molecule has 0 radical (unpaired) electrons. The van der Waals surface area contributed by atoms with Crippen molar-refractivity contribution in [3.05, 3.63) is 29.6 Å². The molecule has 0 saturated carbocycles. The topological polar surface area (TPSA) is 85.2 Å². The molecule has 2 heterocycles. The molecule has 2 unspecified atom stereocenters. The molecule has 4 N–H and O–H groups in total. The highest BCUT2D eigenvalue weighted by molar-refractivity contribution is 6.14. The number of carbonyl (C=O) groups is 1. The van der Waals surface area contributed by atoms with Crippen LogP contribution in [0.5, 0.6) is 0 Å². The normalized spacial score (nSPS) is 24.0. The Morgan fingerprint density at radius 1 is 1.41 bits per heavy atom. The lowest BCUT2D eigenvalue weighted by molar-refractivity contribution is -0.577. The van der Waals surface area contributed by atoms with Gasteiger partial charge in [0, 0.05) is 38.5 Å². The number of benzene rings is 1. The Kier molecular flexibility index (Phi) is 4.26. The number of nitrogens with two attached hydrogens (primary N) is 1. The van der Waals surface area contributed by atoms with Gasteiger partial charge in [0.1, 0.15) is 17.6 Å². The van der Waals surface area contributed by atoms with Crippen molar-refractivity contribution in [2.75, 3.05) is 26.2 Å². The lowest BCUT2D eigenvalue weighted by atomic mass is 10.0. The number of hydrogen-bond acceptors (Lipinski definition) is 4. The third-order valence-corrected chi connectivity index (χ3v) is 4.29. The number of quaternary nitrogens is 1. The molecule has 0 bridgehead atoms. The van der Waals surface area contributed by atoms with Gasteiger partial charge in [-0.05, 0) is 24.0 Å². The number of nitrogens with zero attached hydrogens (tertiary/aromatic N) is 2. The van der Waals surface area contributed by atoms with Gasteiger partial charge in [-0.3, -0.25) is 4.79 Å². The minimum Gasteiger partial charge on any atom is -0.338 e. The zero-order valence-corrected chi connectivity index (χ0v) is 12.1. The Labute approximate surface area is 127 Å². The number of halogens is 1. The second kappa shape index (κ2) is 6.33. The summed E-state index contributed by atoms with van der Waals surface area (Å²) in [4.78, 5) is 14.6. The van der Waals surface area contributed by atoms with E-state index in [-0.39, 0.29) is 5.91 Å². The van der Waals surface area contributed by atoms with Crippen LogP contribution in [0.1, 0.15) is 10.4 Å². The lowest BCUT2D eigenvalue weighted by Gasteiger charge is -2.18. The van der Waals surface area contributed by atoms with Gasteiger partial charge in [0.2, 0.25) is 0 Å². The third-order valence-electron chi connectivity index (χ3n) is 4.29. The minimum absolute atomic E-state index is 0.0781. The highest BCUT2D eigenvalue weighted by Gasteiger charge is 2.39. The molecule has 116 valence electrons. The zero-order chi connectivity index (χ0) is 15.5. The van der Waals surface area contributed by atoms with E-state index >= 15 is 0 Å². The third kappa shape index (κ3) is 2.90. The second-order valence-corrected chi connectivity index (χ2v) is 5.71. The molecule has 1 aromatic carbocycles. The van der Waals surface area contributed by atoms with E-state index in [0.29, 0.717) is 23.1 Å². The Balaban J connectivity index is 1.79. The summed E-state index contributed by atoms with van der Waals surface area (Å²) in [6.45, 7) is 3.41. The summed E-state index contributed by atoms with van der Waals surface area (Å²) in [5.41, 5.74) is 2.31. The number of nitrogens with one attached hydrogen (secondary N) is 2. The Bertz CT molecular complexity index is 606. The maximum absolute atomic E-state index is 13.4. The van der Waals surface area contributed by atoms with Gasteiger partial charge >= 0.3 is 0 Å². The highest BCUT2D eigenvalue weighted by atomic mass is 19.1. The number of fused-ring (bicyclic) bond motifs is 1. The smallest absolute Gasteiger partial charge is 0.260 e. The molecule has 6 nitrogen and oxygen atoms in total. The Morgan fingerprint density at radius 2 is 2.14 bits per heavy atom. The van der Waals surface area contributed by atoms with E-state index in [1.165, 1.54) is 29.8 Å². The van der Waals surface area contributed by atoms with Crippen molar-refractivity contribution in [1.29, 1.82) is 5.41 Å². The monoisotopic (exact) mass is 304 g/mol. The van der Waals surface area contributed by atoms with Crippen LogP contribution in [0.2, 0.25) is 0 Å². The van der Waals surface area contributed by atoms with Crippen LogP contribution in [0, 0.1) is 23.1 Å². The Hall–Kier alpha value is -2.12. The molecule has 7 heteroatoms. The molecule has 22 heavy (non-hydrogen) atoms. The Morgan fingerprint density at radius 3 is 2.82 bits per heavy atom. The molecule has 0 spiro atoms. The van der Waals surface area contributed by atoms with Crippen molar-refractivity contribution in [2.45, 2.75) is 0 Å². The van der Waals surface area contributed by atoms with Crippen LogP contribution in [0.4, 0.5) is 10.1 Å². The van der Waals surface area contributed by atoms with E-state index in [4.69, 9.17) is 5.41 Å². The zero-order valence-electron chi connectivity index (χ0n) is 12.1. The maximum Gasteiger partial charge on any atom is 0.260 e. The van der Waals surface area contributed by atoms with Crippen molar-refractivity contribution in [3.63, 3.8) is 0 Å². The molecule has 2 fully saturated rings. The molecule has 0 aliphatic carbocycles. The standard InChI is InChI=1S/C15H18FN5O/c16-12-1-2-13(14(5-12)20-19-4-3-17)15(22)21-8-10-6-18-7-11(10)9-21/h1-5,10-11,17-18,20H,6-9H2/p+1. The van der Waals surface area contributed by atoms with Gasteiger partial charge in [-0.25, -0.2) is 4.39 Å². The van der Waals surface area contributed by atoms with E-state index in [9.17, 15) is 9.18 Å². The van der Waals surface area contributed by atoms with Gasteiger partial charge in [-0.2, -0.15) is 5.43 Å². The van der Waals surface area contributed by atoms with Gasteiger partial charge in [0.05, 0.1) is 0 Å². The predicted octanol–water partition coefficient (Wildman–Crippen LogP) is -0.0526. The first kappa shape index (κ1) is 14.8. The predicted molar refractivity (Wildman–Crippen MR) is 81.0 cm³/mol. The summed E-state index contributed by atoms with van der Waals surface area (Å²) in [6.07, 6.45) is 2.32. The largest absolute Gasteiger partial charge is 0.338 e. The molecule has 3 rings (SSSR count). The van der Waals surface area contributed by atoms with Crippen molar-refractivity contribution < 1.29 is 14.6 Å². The maximum atomic E-state index is 13.4. The molecule has 1 amide bonds. The van der Waals surface area contributed by atoms with Gasteiger partial charge in [-0.1, -0.05) is 5.10 Å². The van der Waals surface area contributed by atoms with Gasteiger partial charge < -0.3 is 15.6 Å². The van der Waals surface area contributed by atoms with Crippen LogP contribution >= 0.6 is 0 Å². The van der Waals surface area contributed by atoms with Crippen LogP contribution in [0.25, 0.3) is 0 Å². The van der Waals surface area contributed by atoms with E-state index < -0.39 is 5.82 Å². The van der Waals surface area contributed by atoms with Gasteiger partial charge in [0.15, 0.2) is 5.69 Å². The summed E-state index contributed by atoms with van der Waals surface area (Å²) < 4.78 is 13.4. The van der Waals surface area contributed by atoms with Crippen molar-refractivity contribution in [2.24, 2.45) is 16.9 Å². The van der Waals surface area contributed by atoms with Gasteiger partial charge in [-0.15, -0.1) is 0 Å². The first-order chi connectivity index (χ1) is 10.7. The number of rotatable bonds is 4. The second-order valence-electron chi connectivity index (χ2n) is 5.71. The van der Waals surface area contributed by atoms with Crippen LogP contribution in [-0.4, -0.2) is 49.4 Å². The number of carbonyl (C=O) groups excluding carboxylic acids is 1. The molecule has 0 aromatic heterocycles. The summed E-state index contributed by atoms with van der Waals surface area (Å²) >= 11 is 0. The molecular formula is C15H19FN5O+. The summed E-state index contributed by atoms with van der Waals surface area (Å²) in [5.74, 6) is 0.557. The van der Waals surface area contributed by atoms with Crippen molar-refractivity contribution >= 4 is 24.0 Å². The lowest BCUT2D eigenvalue weighted by Crippen LogP contribution is -2.72. The first-order valence-electron chi connectivity index (χ1n) is 7.34. The minimum atomic E-state index is -0.407. The van der Waals surface area contributed by atoms with Crippen LogP contribution in [0.15, 0.2) is 23.3 Å². The average Bonchev–Trinajstić information content (AvgIpc) is 3.08. The molecule has 2 aliphatic rings. The summed E-state index contributed by atoms with van der Waals surface area (Å²) in [6, 6.07) is 4.10. The first-order valence-corrected chi connectivity index (χ1v) is 7.34. The number of likely N-dealkylation sites (tertiary alicyclic amines) is 1. The van der Waals surface area contributed by atoms with Gasteiger partial charge in [0.25, 0.3) is 5.91 Å². The fourth-order valence-corrected chi connectivity index (χ4v) is 3.19. The number of hydrogen-bond donors (Lipinski definition) is 3. The van der Waals surface area contributed by atoms with Crippen LogP contribution < -0.4 is 10.7 Å². The average molecular weight is 304 g/mol. The van der Waals surface area contributed by atoms with Crippen molar-refractivity contribution in [1.82, 2.24) is 10.2 Å². The molecular weight excluding hydrogens is 285 g/mol. The molecule has 2 atom stereocenters. The van der Waals surface area contributed by atoms with E-state index in [2.05, 4.69) is 10.4 Å². The molecule has 2 aliphatic heterocycles. The summed E-state index contributed by atoms with van der Waals surface area (Å²) in [5, 5.41) is 14.1. The number of amides is 1. The van der Waals surface area contributed by atoms with E-state index in [1.54, 1.807) is 0 Å². The molecule has 2 saturated heterocycles. The van der Waals surface area contributed by atoms with E-state index in [1.807, 2.05) is 4.90 Å². The molecule has 1 aromatic rings. The highest BCUT2D eigenvalue weighted by Crippen LogP contribution is 2.28. The van der Waals surface area contributed by atoms with E-state index in [0.717, 1.165) is 32.4 Å². The fraction of sp³-hybridized carbons (Fsp3) is 0.400. The van der Waals surface area contributed by atoms with Crippen LogP contribution in [0.3, 0.4) is 0 Å². The SMILES string of the molecule is N=CC=N[NH2+]c1cc(F)ccc1C(=O)N1CC2CNCC2C1. The van der Waals surface area contributed by atoms with Crippen molar-refractivity contribution in [3.8, 4) is 0 Å². The van der Waals surface area contributed by atoms with Crippen LogP contribution in [-0.2, 0) is 0 Å².